The summed E-state index contributed by atoms with van der Waals surface area (Å²) in [7, 11) is 0. The van der Waals surface area contributed by atoms with Crippen LogP contribution in [0.5, 0.6) is 5.75 Å². The van der Waals surface area contributed by atoms with E-state index in [0.717, 1.165) is 12.1 Å². The lowest BCUT2D eigenvalue weighted by molar-refractivity contribution is -0.386. The van der Waals surface area contributed by atoms with Crippen LogP contribution in [0.4, 0.5) is 20.2 Å². The second-order valence-electron chi connectivity index (χ2n) is 2.66. The molecule has 0 saturated heterocycles. The summed E-state index contributed by atoms with van der Waals surface area (Å²) in [5.41, 5.74) is 4.01. The summed E-state index contributed by atoms with van der Waals surface area (Å²) >= 11 is 0. The number of anilines is 1. The van der Waals surface area contributed by atoms with E-state index >= 15 is 0 Å². The van der Waals surface area contributed by atoms with Crippen LogP contribution in [0.15, 0.2) is 12.1 Å². The second kappa shape index (κ2) is 4.39. The number of hydrogen-bond donors (Lipinski definition) is 1. The third kappa shape index (κ3) is 2.33. The van der Waals surface area contributed by atoms with Crippen LogP contribution in [-0.2, 0) is 0 Å². The molecule has 0 atom stereocenters. The monoisotopic (exact) mass is 229 g/mol. The first-order chi connectivity index (χ1) is 7.45. The van der Waals surface area contributed by atoms with Crippen molar-refractivity contribution in [3.05, 3.63) is 27.8 Å². The van der Waals surface area contributed by atoms with Crippen LogP contribution in [0.25, 0.3) is 0 Å². The maximum atomic E-state index is 12.0. The zero-order valence-electron chi connectivity index (χ0n) is 7.68. The minimum Gasteiger partial charge on any atom is -0.425 e. The normalized spacial score (nSPS) is 9.88. The van der Waals surface area contributed by atoms with Gasteiger partial charge in [0.05, 0.1) is 22.2 Å². The van der Waals surface area contributed by atoms with Crippen molar-refractivity contribution in [1.82, 2.24) is 0 Å². The average molecular weight is 229 g/mol. The highest BCUT2D eigenvalue weighted by Crippen LogP contribution is 2.35. The number of nitriles is 1. The molecule has 0 unspecified atom stereocenters. The third-order valence-electron chi connectivity index (χ3n) is 1.63. The Balaban J connectivity index is 3.35. The van der Waals surface area contributed by atoms with Crippen LogP contribution in [0.2, 0.25) is 0 Å². The number of ether oxygens (including phenoxy) is 1. The van der Waals surface area contributed by atoms with Gasteiger partial charge >= 0.3 is 12.3 Å². The molecular weight excluding hydrogens is 224 g/mol. The fourth-order valence-corrected chi connectivity index (χ4v) is 1.05. The van der Waals surface area contributed by atoms with Crippen LogP contribution in [-0.4, -0.2) is 11.5 Å². The molecule has 0 aliphatic heterocycles. The lowest BCUT2D eigenvalue weighted by Gasteiger charge is -2.07. The van der Waals surface area contributed by atoms with Crippen molar-refractivity contribution in [2.45, 2.75) is 6.61 Å². The van der Waals surface area contributed by atoms with Gasteiger partial charge in [0.25, 0.3) is 0 Å². The molecule has 0 amide bonds. The molecule has 1 rings (SSSR count). The highest BCUT2D eigenvalue weighted by molar-refractivity contribution is 5.67. The molecule has 16 heavy (non-hydrogen) atoms. The molecule has 2 N–H and O–H groups in total. The van der Waals surface area contributed by atoms with Gasteiger partial charge in [0.15, 0.2) is 0 Å². The summed E-state index contributed by atoms with van der Waals surface area (Å²) in [5.74, 6) is -0.737. The van der Waals surface area contributed by atoms with Crippen molar-refractivity contribution in [1.29, 1.82) is 5.26 Å². The largest absolute Gasteiger partial charge is 0.425 e. The average Bonchev–Trinajstić information content (AvgIpc) is 2.19. The fraction of sp³-hybridized carbons (Fsp3) is 0.125. The number of nitrogen functional groups attached to an aromatic ring is 1. The Labute approximate surface area is 88.0 Å². The summed E-state index contributed by atoms with van der Waals surface area (Å²) < 4.78 is 27.8. The lowest BCUT2D eigenvalue weighted by atomic mass is 10.1. The molecule has 1 aromatic rings. The molecule has 8 heteroatoms. The third-order valence-corrected chi connectivity index (χ3v) is 1.63. The molecule has 0 radical (unpaired) electrons. The zero-order valence-corrected chi connectivity index (χ0v) is 7.68. The van der Waals surface area contributed by atoms with E-state index in [0.29, 0.717) is 0 Å². The van der Waals surface area contributed by atoms with E-state index < -0.39 is 23.0 Å². The van der Waals surface area contributed by atoms with Gasteiger partial charge in [0.2, 0.25) is 5.75 Å². The summed E-state index contributed by atoms with van der Waals surface area (Å²) in [5, 5.41) is 19.1. The molecule has 0 heterocycles. The first-order valence-corrected chi connectivity index (χ1v) is 3.88. The van der Waals surface area contributed by atoms with E-state index in [1.807, 2.05) is 0 Å². The topological polar surface area (TPSA) is 102 Å². The number of alkyl halides is 2. The summed E-state index contributed by atoms with van der Waals surface area (Å²) in [4.78, 5) is 9.59. The van der Waals surface area contributed by atoms with Crippen molar-refractivity contribution in [3.63, 3.8) is 0 Å². The van der Waals surface area contributed by atoms with E-state index in [4.69, 9.17) is 11.0 Å². The summed E-state index contributed by atoms with van der Waals surface area (Å²) in [6.45, 7) is -3.23. The van der Waals surface area contributed by atoms with Gasteiger partial charge in [-0.25, -0.2) is 0 Å². The standard InChI is InChI=1S/C8H5F2N3O3/c9-8(10)16-7-5(12)1-4(3-11)2-6(7)13(14)15/h1-2,8H,12H2. The predicted octanol–water partition coefficient (Wildman–Crippen LogP) is 1.65. The van der Waals surface area contributed by atoms with E-state index in [-0.39, 0.29) is 11.3 Å². The van der Waals surface area contributed by atoms with Gasteiger partial charge in [-0.3, -0.25) is 10.1 Å². The quantitative estimate of drug-likeness (QED) is 0.482. The van der Waals surface area contributed by atoms with E-state index in [9.17, 15) is 18.9 Å². The Kier molecular flexibility index (Phi) is 3.20. The van der Waals surface area contributed by atoms with Crippen molar-refractivity contribution in [3.8, 4) is 11.8 Å². The molecule has 0 fully saturated rings. The minimum atomic E-state index is -3.23. The number of halogens is 2. The zero-order chi connectivity index (χ0) is 12.3. The molecule has 1 aromatic carbocycles. The molecule has 0 bridgehead atoms. The molecule has 0 aliphatic carbocycles. The molecule has 0 aromatic heterocycles. The molecule has 6 nitrogen and oxygen atoms in total. The van der Waals surface area contributed by atoms with Crippen LogP contribution in [0, 0.1) is 21.4 Å². The van der Waals surface area contributed by atoms with Crippen LogP contribution in [0.1, 0.15) is 5.56 Å². The number of rotatable bonds is 3. The Morgan fingerprint density at radius 2 is 2.19 bits per heavy atom. The maximum Gasteiger partial charge on any atom is 0.387 e. The highest BCUT2D eigenvalue weighted by atomic mass is 19.3. The number of nitro groups is 1. The highest BCUT2D eigenvalue weighted by Gasteiger charge is 2.22. The molecular formula is C8H5F2N3O3. The minimum absolute atomic E-state index is 0.106. The van der Waals surface area contributed by atoms with Crippen LogP contribution in [0.3, 0.4) is 0 Å². The van der Waals surface area contributed by atoms with Gasteiger partial charge in [-0.2, -0.15) is 14.0 Å². The van der Waals surface area contributed by atoms with Crippen LogP contribution >= 0.6 is 0 Å². The van der Waals surface area contributed by atoms with Gasteiger partial charge < -0.3 is 10.5 Å². The molecule has 0 spiro atoms. The van der Waals surface area contributed by atoms with Crippen molar-refractivity contribution in [2.75, 3.05) is 5.73 Å². The Hall–Kier alpha value is -2.43. The number of hydrogen-bond acceptors (Lipinski definition) is 5. The number of nitrogens with two attached hydrogens (primary N) is 1. The van der Waals surface area contributed by atoms with Crippen molar-refractivity contribution < 1.29 is 18.4 Å². The lowest BCUT2D eigenvalue weighted by Crippen LogP contribution is -2.07. The van der Waals surface area contributed by atoms with Gasteiger partial charge in [-0.05, 0) is 6.07 Å². The van der Waals surface area contributed by atoms with Gasteiger partial charge in [-0.15, -0.1) is 0 Å². The molecule has 0 saturated carbocycles. The molecule has 84 valence electrons. The van der Waals surface area contributed by atoms with Crippen molar-refractivity contribution >= 4 is 11.4 Å². The SMILES string of the molecule is N#Cc1cc(N)c(OC(F)F)c([N+](=O)[O-])c1. The van der Waals surface area contributed by atoms with Crippen LogP contribution < -0.4 is 10.5 Å². The smallest absolute Gasteiger partial charge is 0.387 e. The first-order valence-electron chi connectivity index (χ1n) is 3.88. The predicted molar refractivity (Wildman–Crippen MR) is 48.9 cm³/mol. The Morgan fingerprint density at radius 1 is 1.56 bits per heavy atom. The Morgan fingerprint density at radius 3 is 2.62 bits per heavy atom. The van der Waals surface area contributed by atoms with E-state index in [1.54, 1.807) is 6.07 Å². The fourth-order valence-electron chi connectivity index (χ4n) is 1.05. The van der Waals surface area contributed by atoms with Gasteiger partial charge in [-0.1, -0.05) is 0 Å². The molecule has 0 aliphatic rings. The number of benzene rings is 1. The van der Waals surface area contributed by atoms with Gasteiger partial charge in [0, 0.05) is 6.07 Å². The summed E-state index contributed by atoms with van der Waals surface area (Å²) in [6, 6.07) is 3.45. The van der Waals surface area contributed by atoms with Crippen molar-refractivity contribution in [2.24, 2.45) is 0 Å². The summed E-state index contributed by atoms with van der Waals surface area (Å²) in [6.07, 6.45) is 0. The number of nitro benzene ring substituents is 1. The second-order valence-corrected chi connectivity index (χ2v) is 2.66. The first kappa shape index (κ1) is 11.6. The number of nitrogens with zero attached hydrogens (tertiary/aromatic N) is 2. The maximum absolute atomic E-state index is 12.0. The van der Waals surface area contributed by atoms with E-state index in [1.165, 1.54) is 0 Å². The van der Waals surface area contributed by atoms with Gasteiger partial charge in [0.1, 0.15) is 0 Å². The Bertz CT molecular complexity index is 470. The van der Waals surface area contributed by atoms with E-state index in [2.05, 4.69) is 4.74 Å².